The number of hydrogen-bond acceptors (Lipinski definition) is 2. The lowest BCUT2D eigenvalue weighted by Gasteiger charge is -2.11. The van der Waals surface area contributed by atoms with Gasteiger partial charge < -0.3 is 10.2 Å². The maximum absolute atomic E-state index is 13.3. The predicted molar refractivity (Wildman–Crippen MR) is 67.8 cm³/mol. The number of benzene rings is 1. The van der Waals surface area contributed by atoms with Gasteiger partial charge in [-0.3, -0.25) is 4.79 Å². The van der Waals surface area contributed by atoms with Gasteiger partial charge in [-0.15, -0.1) is 0 Å². The monoisotopic (exact) mass is 258 g/mol. The van der Waals surface area contributed by atoms with Crippen LogP contribution in [0.25, 0.3) is 0 Å². The maximum atomic E-state index is 13.3. The summed E-state index contributed by atoms with van der Waals surface area (Å²) < 4.78 is 13.3. The van der Waals surface area contributed by atoms with Gasteiger partial charge in [0, 0.05) is 32.1 Å². The average Bonchev–Trinajstić information content (AvgIpc) is 2.26. The van der Waals surface area contributed by atoms with Gasteiger partial charge in [0.05, 0.1) is 5.69 Å². The molecule has 1 aromatic carbocycles. The highest BCUT2D eigenvalue weighted by Crippen LogP contribution is 2.18. The molecule has 5 heteroatoms. The number of carbonyl (C=O) groups excluding carboxylic acids is 1. The van der Waals surface area contributed by atoms with E-state index in [2.05, 4.69) is 5.32 Å². The van der Waals surface area contributed by atoms with Crippen LogP contribution in [-0.4, -0.2) is 31.4 Å². The largest absolute Gasteiger partial charge is 0.383 e. The van der Waals surface area contributed by atoms with Crippen LogP contribution in [0.2, 0.25) is 5.02 Å². The van der Waals surface area contributed by atoms with Crippen LogP contribution < -0.4 is 5.32 Å². The van der Waals surface area contributed by atoms with E-state index in [1.807, 2.05) is 0 Å². The molecule has 0 aliphatic rings. The fourth-order valence-corrected chi connectivity index (χ4v) is 1.48. The molecule has 0 radical (unpaired) electrons. The van der Waals surface area contributed by atoms with E-state index < -0.39 is 0 Å². The zero-order chi connectivity index (χ0) is 12.8. The number of amides is 1. The molecule has 0 aliphatic carbocycles. The van der Waals surface area contributed by atoms with E-state index in [-0.39, 0.29) is 11.7 Å². The lowest BCUT2D eigenvalue weighted by Crippen LogP contribution is -2.22. The van der Waals surface area contributed by atoms with Crippen molar-refractivity contribution < 1.29 is 9.18 Å². The summed E-state index contributed by atoms with van der Waals surface area (Å²) in [6.07, 6.45) is 1.12. The molecule has 3 nitrogen and oxygen atoms in total. The second-order valence-electron chi connectivity index (χ2n) is 3.94. The molecule has 0 atom stereocenters. The number of rotatable bonds is 5. The van der Waals surface area contributed by atoms with E-state index in [1.54, 1.807) is 31.1 Å². The SMILES string of the molecule is CN(C)C(=O)CCCNc1ccc(Cl)cc1F. The molecule has 0 saturated carbocycles. The van der Waals surface area contributed by atoms with Gasteiger partial charge in [-0.2, -0.15) is 0 Å². The first-order chi connectivity index (χ1) is 8.00. The lowest BCUT2D eigenvalue weighted by atomic mass is 10.2. The standard InChI is InChI=1S/C12H16ClFN2O/c1-16(2)12(17)4-3-7-15-11-6-5-9(13)8-10(11)14/h5-6,8,15H,3-4,7H2,1-2H3. The van der Waals surface area contributed by atoms with Crippen LogP contribution in [0.15, 0.2) is 18.2 Å². The minimum atomic E-state index is -0.378. The van der Waals surface area contributed by atoms with Crippen LogP contribution in [0.4, 0.5) is 10.1 Å². The van der Waals surface area contributed by atoms with Crippen molar-refractivity contribution in [2.24, 2.45) is 0 Å². The molecule has 94 valence electrons. The van der Waals surface area contributed by atoms with Gasteiger partial charge in [-0.1, -0.05) is 11.6 Å². The van der Waals surface area contributed by atoms with Crippen molar-refractivity contribution in [3.8, 4) is 0 Å². The molecule has 0 saturated heterocycles. The third kappa shape index (κ3) is 4.61. The summed E-state index contributed by atoms with van der Waals surface area (Å²) in [6, 6.07) is 4.47. The van der Waals surface area contributed by atoms with Crippen molar-refractivity contribution in [1.82, 2.24) is 4.90 Å². The number of hydrogen-bond donors (Lipinski definition) is 1. The summed E-state index contributed by atoms with van der Waals surface area (Å²) in [6.45, 7) is 0.554. The van der Waals surface area contributed by atoms with Crippen LogP contribution in [0.3, 0.4) is 0 Å². The quantitative estimate of drug-likeness (QED) is 0.824. The normalized spacial score (nSPS) is 10.1. The van der Waals surface area contributed by atoms with Gasteiger partial charge in [0.25, 0.3) is 0 Å². The number of nitrogens with zero attached hydrogens (tertiary/aromatic N) is 1. The summed E-state index contributed by atoms with van der Waals surface area (Å²) in [5, 5.41) is 3.30. The van der Waals surface area contributed by atoms with Crippen LogP contribution in [-0.2, 0) is 4.79 Å². The number of nitrogens with one attached hydrogen (secondary N) is 1. The number of anilines is 1. The molecule has 1 rings (SSSR count). The molecule has 0 bridgehead atoms. The summed E-state index contributed by atoms with van der Waals surface area (Å²) in [5.41, 5.74) is 0.409. The number of carbonyl (C=O) groups is 1. The Hall–Kier alpha value is -1.29. The summed E-state index contributed by atoms with van der Waals surface area (Å²) >= 11 is 5.64. The van der Waals surface area contributed by atoms with E-state index in [9.17, 15) is 9.18 Å². The van der Waals surface area contributed by atoms with Crippen LogP contribution >= 0.6 is 11.6 Å². The first-order valence-electron chi connectivity index (χ1n) is 5.40. The van der Waals surface area contributed by atoms with Crippen LogP contribution in [0, 0.1) is 5.82 Å². The van der Waals surface area contributed by atoms with Crippen LogP contribution in [0.5, 0.6) is 0 Å². The smallest absolute Gasteiger partial charge is 0.222 e. The van der Waals surface area contributed by atoms with E-state index in [0.29, 0.717) is 30.1 Å². The number of halogens is 2. The molecular formula is C12H16ClFN2O. The van der Waals surface area contributed by atoms with Gasteiger partial charge in [0.1, 0.15) is 5.82 Å². The highest BCUT2D eigenvalue weighted by molar-refractivity contribution is 6.30. The first-order valence-corrected chi connectivity index (χ1v) is 5.77. The zero-order valence-corrected chi connectivity index (χ0v) is 10.7. The third-order valence-corrected chi connectivity index (χ3v) is 2.55. The van der Waals surface area contributed by atoms with Crippen molar-refractivity contribution in [3.63, 3.8) is 0 Å². The average molecular weight is 259 g/mol. The molecule has 1 amide bonds. The van der Waals surface area contributed by atoms with Gasteiger partial charge >= 0.3 is 0 Å². The lowest BCUT2D eigenvalue weighted by molar-refractivity contribution is -0.128. The fourth-order valence-electron chi connectivity index (χ4n) is 1.32. The fraction of sp³-hybridized carbons (Fsp3) is 0.417. The van der Waals surface area contributed by atoms with E-state index in [4.69, 9.17) is 11.6 Å². The molecule has 17 heavy (non-hydrogen) atoms. The van der Waals surface area contributed by atoms with Gasteiger partial charge in [-0.25, -0.2) is 4.39 Å². The Morgan fingerprint density at radius 3 is 2.76 bits per heavy atom. The Bertz CT molecular complexity index is 396. The highest BCUT2D eigenvalue weighted by atomic mass is 35.5. The molecule has 0 heterocycles. The summed E-state index contributed by atoms with van der Waals surface area (Å²) in [5.74, 6) is -0.306. The van der Waals surface area contributed by atoms with Crippen molar-refractivity contribution in [2.45, 2.75) is 12.8 Å². The Labute approximate surface area is 106 Å². The topological polar surface area (TPSA) is 32.3 Å². The van der Waals surface area contributed by atoms with E-state index >= 15 is 0 Å². The van der Waals surface area contributed by atoms with Crippen molar-refractivity contribution in [2.75, 3.05) is 26.0 Å². The second kappa shape index (κ2) is 6.45. The molecule has 0 unspecified atom stereocenters. The molecule has 1 aromatic rings. The molecular weight excluding hydrogens is 243 g/mol. The third-order valence-electron chi connectivity index (χ3n) is 2.31. The maximum Gasteiger partial charge on any atom is 0.222 e. The molecule has 1 N–H and O–H groups in total. The zero-order valence-electron chi connectivity index (χ0n) is 9.96. The minimum Gasteiger partial charge on any atom is -0.383 e. The van der Waals surface area contributed by atoms with Gasteiger partial charge in [0.2, 0.25) is 5.91 Å². The molecule has 0 spiro atoms. The predicted octanol–water partition coefficient (Wildman–Crippen LogP) is 2.76. The van der Waals surface area contributed by atoms with Gasteiger partial charge in [-0.05, 0) is 24.6 Å². The minimum absolute atomic E-state index is 0.0726. The molecule has 0 aromatic heterocycles. The van der Waals surface area contributed by atoms with Crippen LogP contribution in [0.1, 0.15) is 12.8 Å². The van der Waals surface area contributed by atoms with Crippen molar-refractivity contribution in [3.05, 3.63) is 29.0 Å². The van der Waals surface area contributed by atoms with Crippen molar-refractivity contribution >= 4 is 23.2 Å². The highest BCUT2D eigenvalue weighted by Gasteiger charge is 2.04. The summed E-state index contributed by atoms with van der Waals surface area (Å²) in [7, 11) is 3.43. The Balaban J connectivity index is 2.34. The Kier molecular flexibility index (Phi) is 5.22. The Morgan fingerprint density at radius 2 is 2.18 bits per heavy atom. The van der Waals surface area contributed by atoms with Gasteiger partial charge in [0.15, 0.2) is 0 Å². The first kappa shape index (κ1) is 13.8. The van der Waals surface area contributed by atoms with E-state index in [0.717, 1.165) is 0 Å². The molecule has 0 fully saturated rings. The summed E-state index contributed by atoms with van der Waals surface area (Å²) in [4.78, 5) is 12.8. The van der Waals surface area contributed by atoms with E-state index in [1.165, 1.54) is 6.07 Å². The molecule has 0 aliphatic heterocycles. The Morgan fingerprint density at radius 1 is 1.47 bits per heavy atom. The second-order valence-corrected chi connectivity index (χ2v) is 4.38. The van der Waals surface area contributed by atoms with Crippen molar-refractivity contribution in [1.29, 1.82) is 0 Å².